The van der Waals surface area contributed by atoms with Crippen molar-refractivity contribution in [3.8, 4) is 17.2 Å². The fourth-order valence-electron chi connectivity index (χ4n) is 2.92. The Morgan fingerprint density at radius 3 is 2.22 bits per heavy atom. The van der Waals surface area contributed by atoms with Crippen molar-refractivity contribution in [2.45, 2.75) is 6.92 Å². The van der Waals surface area contributed by atoms with Crippen molar-refractivity contribution in [1.82, 2.24) is 5.43 Å². The third-order valence-corrected chi connectivity index (χ3v) is 4.64. The number of nitrogens with one attached hydrogen (secondary N) is 3. The number of hydrogen-bond donors (Lipinski definition) is 3. The molecule has 0 saturated heterocycles. The van der Waals surface area contributed by atoms with Crippen molar-refractivity contribution >= 4 is 35.3 Å². The Morgan fingerprint density at radius 1 is 0.833 bits per heavy atom. The molecule has 3 aromatic rings. The van der Waals surface area contributed by atoms with Crippen molar-refractivity contribution in [2.24, 2.45) is 5.10 Å². The molecule has 0 saturated carbocycles. The van der Waals surface area contributed by atoms with Gasteiger partial charge < -0.3 is 24.8 Å². The number of rotatable bonds is 10. The number of benzene rings is 3. The summed E-state index contributed by atoms with van der Waals surface area (Å²) in [7, 11) is 1.57. The van der Waals surface area contributed by atoms with E-state index in [1.54, 1.807) is 79.9 Å². The second-order valence-corrected chi connectivity index (χ2v) is 7.22. The topological polar surface area (TPSA) is 127 Å². The molecule has 0 radical (unpaired) electrons. The molecule has 36 heavy (non-hydrogen) atoms. The number of anilines is 2. The number of hydrazone groups is 1. The quantitative estimate of drug-likeness (QED) is 0.228. The molecule has 3 rings (SSSR count). The van der Waals surface area contributed by atoms with Crippen LogP contribution in [0.25, 0.3) is 0 Å². The van der Waals surface area contributed by atoms with E-state index in [-0.39, 0.29) is 12.5 Å². The predicted molar refractivity (Wildman–Crippen MR) is 136 cm³/mol. The molecule has 0 aromatic heterocycles. The summed E-state index contributed by atoms with van der Waals surface area (Å²) in [4.78, 5) is 36.2. The van der Waals surface area contributed by atoms with Gasteiger partial charge in [-0.15, -0.1) is 0 Å². The standard InChI is InChI=1S/C26H26N4O6/c1-3-35-23-7-5-4-6-22(23)29-25(32)26(33)30-27-16-18-8-12-21(13-9-18)36-17-24(31)28-19-10-14-20(34-2)15-11-19/h4-16H,3,17H2,1-2H3,(H,28,31)(H,29,32)(H,30,33)/b27-16-. The Bertz CT molecular complexity index is 1210. The highest BCUT2D eigenvalue weighted by molar-refractivity contribution is 6.39. The molecule has 3 amide bonds. The van der Waals surface area contributed by atoms with E-state index in [1.807, 2.05) is 6.92 Å². The van der Waals surface area contributed by atoms with Gasteiger partial charge in [0.2, 0.25) is 0 Å². The van der Waals surface area contributed by atoms with Crippen LogP contribution < -0.4 is 30.3 Å². The molecule has 186 valence electrons. The first kappa shape index (κ1) is 25.8. The molecule has 10 heteroatoms. The van der Waals surface area contributed by atoms with E-state index in [0.29, 0.717) is 40.8 Å². The van der Waals surface area contributed by atoms with Crippen LogP contribution in [0, 0.1) is 0 Å². The maximum atomic E-state index is 12.1. The van der Waals surface area contributed by atoms with E-state index >= 15 is 0 Å². The molecule has 0 aliphatic heterocycles. The number of ether oxygens (including phenoxy) is 3. The van der Waals surface area contributed by atoms with Gasteiger partial charge in [-0.1, -0.05) is 12.1 Å². The lowest BCUT2D eigenvalue weighted by Crippen LogP contribution is -2.32. The van der Waals surface area contributed by atoms with E-state index in [1.165, 1.54) is 6.21 Å². The predicted octanol–water partition coefficient (Wildman–Crippen LogP) is 3.20. The molecule has 0 aliphatic carbocycles. The van der Waals surface area contributed by atoms with Crippen molar-refractivity contribution in [2.75, 3.05) is 31.0 Å². The maximum absolute atomic E-state index is 12.1. The van der Waals surface area contributed by atoms with Crippen LogP contribution in [-0.4, -0.2) is 44.3 Å². The molecule has 3 N–H and O–H groups in total. The van der Waals surface area contributed by atoms with Crippen molar-refractivity contribution in [1.29, 1.82) is 0 Å². The molecule has 0 unspecified atom stereocenters. The number of hydrogen-bond acceptors (Lipinski definition) is 7. The van der Waals surface area contributed by atoms with Crippen molar-refractivity contribution < 1.29 is 28.6 Å². The van der Waals surface area contributed by atoms with Crippen LogP contribution in [0.15, 0.2) is 77.9 Å². The first-order valence-electron chi connectivity index (χ1n) is 11.0. The van der Waals surface area contributed by atoms with Crippen LogP contribution in [0.3, 0.4) is 0 Å². The molecule has 0 bridgehead atoms. The average Bonchev–Trinajstić information content (AvgIpc) is 2.90. The van der Waals surface area contributed by atoms with E-state index in [2.05, 4.69) is 21.2 Å². The Morgan fingerprint density at radius 2 is 1.53 bits per heavy atom. The SMILES string of the molecule is CCOc1ccccc1NC(=O)C(=O)N/N=C\c1ccc(OCC(=O)Nc2ccc(OC)cc2)cc1. The molecule has 3 aromatic carbocycles. The maximum Gasteiger partial charge on any atom is 0.329 e. The minimum Gasteiger partial charge on any atom is -0.497 e. The second kappa shape index (κ2) is 13.1. The molecular weight excluding hydrogens is 464 g/mol. The normalized spacial score (nSPS) is 10.4. The minimum absolute atomic E-state index is 0.170. The summed E-state index contributed by atoms with van der Waals surface area (Å²) >= 11 is 0. The Balaban J connectivity index is 1.43. The first-order chi connectivity index (χ1) is 17.5. The lowest BCUT2D eigenvalue weighted by Gasteiger charge is -2.10. The number of para-hydroxylation sites is 2. The van der Waals surface area contributed by atoms with Gasteiger partial charge in [-0.25, -0.2) is 5.43 Å². The van der Waals surface area contributed by atoms with E-state index in [0.717, 1.165) is 0 Å². The van der Waals surface area contributed by atoms with Gasteiger partial charge in [0.05, 0.1) is 25.6 Å². The van der Waals surface area contributed by atoms with Crippen LogP contribution in [0.1, 0.15) is 12.5 Å². The highest BCUT2D eigenvalue weighted by Gasteiger charge is 2.15. The molecule has 0 atom stereocenters. The zero-order valence-electron chi connectivity index (χ0n) is 19.8. The van der Waals surface area contributed by atoms with Crippen LogP contribution in [0.5, 0.6) is 17.2 Å². The third-order valence-electron chi connectivity index (χ3n) is 4.64. The van der Waals surface area contributed by atoms with Crippen molar-refractivity contribution in [3.05, 3.63) is 78.4 Å². The van der Waals surface area contributed by atoms with Crippen LogP contribution >= 0.6 is 0 Å². The highest BCUT2D eigenvalue weighted by Crippen LogP contribution is 2.23. The second-order valence-electron chi connectivity index (χ2n) is 7.22. The zero-order valence-corrected chi connectivity index (χ0v) is 19.8. The van der Waals surface area contributed by atoms with Crippen molar-refractivity contribution in [3.63, 3.8) is 0 Å². The monoisotopic (exact) mass is 490 g/mol. The fraction of sp³-hybridized carbons (Fsp3) is 0.154. The molecule has 0 fully saturated rings. The molecule has 0 aliphatic rings. The molecule has 0 heterocycles. The van der Waals surface area contributed by atoms with Crippen LogP contribution in [0.4, 0.5) is 11.4 Å². The van der Waals surface area contributed by atoms with Gasteiger partial charge in [0.1, 0.15) is 17.2 Å². The Hall–Kier alpha value is -4.86. The zero-order chi connectivity index (χ0) is 25.8. The van der Waals surface area contributed by atoms with Gasteiger partial charge in [0.25, 0.3) is 5.91 Å². The van der Waals surface area contributed by atoms with Gasteiger partial charge in [0.15, 0.2) is 6.61 Å². The number of carbonyl (C=O) groups is 3. The molecule has 10 nitrogen and oxygen atoms in total. The van der Waals surface area contributed by atoms with E-state index < -0.39 is 11.8 Å². The summed E-state index contributed by atoms with van der Waals surface area (Å²) in [5.74, 6) is -0.482. The first-order valence-corrected chi connectivity index (χ1v) is 11.0. The van der Waals surface area contributed by atoms with Gasteiger partial charge in [-0.2, -0.15) is 5.10 Å². The van der Waals surface area contributed by atoms with E-state index in [9.17, 15) is 14.4 Å². The average molecular weight is 491 g/mol. The van der Waals surface area contributed by atoms with Gasteiger partial charge in [-0.05, 0) is 73.2 Å². The Labute approximate surface area is 208 Å². The lowest BCUT2D eigenvalue weighted by molar-refractivity contribution is -0.136. The van der Waals surface area contributed by atoms with Crippen LogP contribution in [-0.2, 0) is 14.4 Å². The largest absolute Gasteiger partial charge is 0.497 e. The smallest absolute Gasteiger partial charge is 0.329 e. The van der Waals surface area contributed by atoms with E-state index in [4.69, 9.17) is 14.2 Å². The highest BCUT2D eigenvalue weighted by atomic mass is 16.5. The summed E-state index contributed by atoms with van der Waals surface area (Å²) in [6.45, 7) is 2.07. The number of carbonyl (C=O) groups excluding carboxylic acids is 3. The summed E-state index contributed by atoms with van der Waals surface area (Å²) in [5.41, 5.74) is 3.83. The van der Waals surface area contributed by atoms with Gasteiger partial charge >= 0.3 is 11.8 Å². The van der Waals surface area contributed by atoms with Crippen LogP contribution in [0.2, 0.25) is 0 Å². The Kier molecular flexibility index (Phi) is 9.40. The summed E-state index contributed by atoms with van der Waals surface area (Å²) in [6.07, 6.45) is 1.37. The lowest BCUT2D eigenvalue weighted by atomic mass is 10.2. The molecular formula is C26H26N4O6. The minimum atomic E-state index is -0.930. The number of amides is 3. The summed E-state index contributed by atoms with van der Waals surface area (Å²) < 4.78 is 16.0. The fourth-order valence-corrected chi connectivity index (χ4v) is 2.92. The summed E-state index contributed by atoms with van der Waals surface area (Å²) in [6, 6.07) is 20.4. The molecule has 0 spiro atoms. The number of methoxy groups -OCH3 is 1. The summed E-state index contributed by atoms with van der Waals surface area (Å²) in [5, 5.41) is 9.01. The van der Waals surface area contributed by atoms with Gasteiger partial charge in [-0.3, -0.25) is 14.4 Å². The van der Waals surface area contributed by atoms with Gasteiger partial charge in [0, 0.05) is 5.69 Å². The number of nitrogens with zero attached hydrogens (tertiary/aromatic N) is 1. The third kappa shape index (κ3) is 7.87.